The van der Waals surface area contributed by atoms with E-state index in [0.717, 1.165) is 5.92 Å². The Kier molecular flexibility index (Phi) is 1.68. The molecule has 0 radical (unpaired) electrons. The van der Waals surface area contributed by atoms with E-state index in [4.69, 9.17) is 0 Å². The summed E-state index contributed by atoms with van der Waals surface area (Å²) < 4.78 is 0.566. The Morgan fingerprint density at radius 3 is 2.15 bits per heavy atom. The molecule has 4 saturated carbocycles. The van der Waals surface area contributed by atoms with E-state index in [-0.39, 0.29) is 5.60 Å². The number of halogens is 1. The van der Waals surface area contributed by atoms with Crippen molar-refractivity contribution in [3.05, 3.63) is 0 Å². The summed E-state index contributed by atoms with van der Waals surface area (Å²) in [5.41, 5.74) is -0.328. The van der Waals surface area contributed by atoms with Gasteiger partial charge in [-0.1, -0.05) is 22.6 Å². The van der Waals surface area contributed by atoms with Crippen LogP contribution >= 0.6 is 22.6 Å². The highest BCUT2D eigenvalue weighted by atomic mass is 127. The van der Waals surface area contributed by atoms with E-state index in [1.54, 1.807) is 0 Å². The Morgan fingerprint density at radius 1 is 1.15 bits per heavy atom. The largest absolute Gasteiger partial charge is 0.390 e. The highest BCUT2D eigenvalue weighted by Crippen LogP contribution is 2.62. The van der Waals surface area contributed by atoms with Gasteiger partial charge in [-0.05, 0) is 56.8 Å². The zero-order valence-corrected chi connectivity index (χ0v) is 10.3. The smallest absolute Gasteiger partial charge is 0.0676 e. The van der Waals surface area contributed by atoms with E-state index in [0.29, 0.717) is 15.3 Å². The minimum atomic E-state index is -0.328. The van der Waals surface area contributed by atoms with Gasteiger partial charge < -0.3 is 5.11 Å². The zero-order chi connectivity index (χ0) is 9.27. The van der Waals surface area contributed by atoms with E-state index in [9.17, 15) is 5.11 Å². The normalized spacial score (nSPS) is 64.4. The fraction of sp³-hybridized carbons (Fsp3) is 1.00. The predicted octanol–water partition coefficient (Wildman–Crippen LogP) is 2.75. The van der Waals surface area contributed by atoms with Crippen LogP contribution in [0.4, 0.5) is 0 Å². The summed E-state index contributed by atoms with van der Waals surface area (Å²) in [7, 11) is 0. The molecule has 1 nitrogen and oxygen atoms in total. The van der Waals surface area contributed by atoms with Crippen LogP contribution in [0.1, 0.15) is 39.0 Å². The van der Waals surface area contributed by atoms with E-state index >= 15 is 0 Å². The second-order valence-corrected chi connectivity index (χ2v) is 8.01. The third-order valence-electron chi connectivity index (χ3n) is 4.77. The fourth-order valence-corrected chi connectivity index (χ4v) is 5.79. The van der Waals surface area contributed by atoms with Gasteiger partial charge in [0.25, 0.3) is 0 Å². The molecule has 4 rings (SSSR count). The average molecular weight is 292 g/mol. The van der Waals surface area contributed by atoms with Crippen LogP contribution in [0.5, 0.6) is 0 Å². The Balaban J connectivity index is 1.99. The maximum absolute atomic E-state index is 10.4. The molecule has 1 N–H and O–H groups in total. The summed E-state index contributed by atoms with van der Waals surface area (Å²) in [6.07, 6.45) is 6.57. The summed E-state index contributed by atoms with van der Waals surface area (Å²) >= 11 is 2.67. The van der Waals surface area contributed by atoms with Crippen molar-refractivity contribution in [1.82, 2.24) is 0 Å². The van der Waals surface area contributed by atoms with E-state index in [1.807, 2.05) is 0 Å². The lowest BCUT2D eigenvalue weighted by Crippen LogP contribution is -2.60. The van der Waals surface area contributed by atoms with Gasteiger partial charge in [0.15, 0.2) is 0 Å². The van der Waals surface area contributed by atoms with E-state index < -0.39 is 0 Å². The Labute approximate surface area is 93.4 Å². The number of hydrogen-bond donors (Lipinski definition) is 1. The first kappa shape index (κ1) is 8.96. The molecule has 0 aromatic heterocycles. The van der Waals surface area contributed by atoms with Gasteiger partial charge in [-0.2, -0.15) is 0 Å². The minimum absolute atomic E-state index is 0.328. The molecule has 4 aliphatic rings. The average Bonchev–Trinajstić information content (AvgIpc) is 1.97. The van der Waals surface area contributed by atoms with Crippen LogP contribution in [0.25, 0.3) is 0 Å². The van der Waals surface area contributed by atoms with Crippen LogP contribution in [0.3, 0.4) is 0 Å². The first-order chi connectivity index (χ1) is 6.00. The fourth-order valence-electron chi connectivity index (χ4n) is 4.11. The molecule has 4 aliphatic carbocycles. The van der Waals surface area contributed by atoms with E-state index in [1.165, 1.54) is 32.1 Å². The number of rotatable bonds is 0. The number of alkyl halides is 1. The zero-order valence-electron chi connectivity index (χ0n) is 8.09. The maximum atomic E-state index is 10.4. The number of aliphatic hydroxyl groups is 1. The molecule has 0 aromatic rings. The molecular weight excluding hydrogens is 275 g/mol. The Hall–Kier alpha value is 0.690. The molecule has 13 heavy (non-hydrogen) atoms. The molecule has 0 spiro atoms. The van der Waals surface area contributed by atoms with Gasteiger partial charge in [0.2, 0.25) is 0 Å². The van der Waals surface area contributed by atoms with Crippen molar-refractivity contribution < 1.29 is 5.11 Å². The highest BCUT2D eigenvalue weighted by molar-refractivity contribution is 14.1. The second-order valence-electron chi connectivity index (χ2n) is 5.72. The molecule has 4 fully saturated rings. The molecular formula is C11H17IO. The number of hydrogen-bond acceptors (Lipinski definition) is 1. The summed E-state index contributed by atoms with van der Waals surface area (Å²) in [6, 6.07) is 0. The lowest BCUT2D eigenvalue weighted by Gasteiger charge is -2.61. The molecule has 0 heterocycles. The van der Waals surface area contributed by atoms with Crippen molar-refractivity contribution in [2.45, 2.75) is 48.1 Å². The SMILES string of the molecule is CC1(O)C2CC3CC1CC(I)(C3)C2. The van der Waals surface area contributed by atoms with Gasteiger partial charge in [-0.15, -0.1) is 0 Å². The Morgan fingerprint density at radius 2 is 1.69 bits per heavy atom. The second kappa shape index (κ2) is 2.43. The van der Waals surface area contributed by atoms with Crippen LogP contribution in [0, 0.1) is 17.8 Å². The molecule has 0 saturated heterocycles. The monoisotopic (exact) mass is 292 g/mol. The molecule has 2 atom stereocenters. The van der Waals surface area contributed by atoms with E-state index in [2.05, 4.69) is 29.5 Å². The minimum Gasteiger partial charge on any atom is -0.390 e. The van der Waals surface area contributed by atoms with Crippen LogP contribution < -0.4 is 0 Å². The van der Waals surface area contributed by atoms with Crippen LogP contribution in [-0.4, -0.2) is 14.1 Å². The van der Waals surface area contributed by atoms with Crippen LogP contribution in [0.15, 0.2) is 0 Å². The van der Waals surface area contributed by atoms with Crippen molar-refractivity contribution in [2.75, 3.05) is 0 Å². The maximum Gasteiger partial charge on any atom is 0.0676 e. The quantitative estimate of drug-likeness (QED) is 0.537. The van der Waals surface area contributed by atoms with Crippen molar-refractivity contribution in [2.24, 2.45) is 17.8 Å². The van der Waals surface area contributed by atoms with Crippen LogP contribution in [-0.2, 0) is 0 Å². The van der Waals surface area contributed by atoms with Crippen molar-refractivity contribution in [1.29, 1.82) is 0 Å². The summed E-state index contributed by atoms with van der Waals surface area (Å²) in [5, 5.41) is 10.4. The third-order valence-corrected chi connectivity index (χ3v) is 6.09. The Bertz CT molecular complexity index is 230. The molecule has 2 heteroatoms. The van der Waals surface area contributed by atoms with Gasteiger partial charge in [0, 0.05) is 3.42 Å². The van der Waals surface area contributed by atoms with Gasteiger partial charge in [-0.3, -0.25) is 0 Å². The van der Waals surface area contributed by atoms with Crippen molar-refractivity contribution >= 4 is 22.6 Å². The van der Waals surface area contributed by atoms with Gasteiger partial charge in [0.1, 0.15) is 0 Å². The van der Waals surface area contributed by atoms with Crippen molar-refractivity contribution in [3.8, 4) is 0 Å². The lowest BCUT2D eigenvalue weighted by molar-refractivity contribution is -0.150. The summed E-state index contributed by atoms with van der Waals surface area (Å²) in [5.74, 6) is 2.15. The molecule has 0 aromatic carbocycles. The summed E-state index contributed by atoms with van der Waals surface area (Å²) in [6.45, 7) is 2.08. The molecule has 0 aliphatic heterocycles. The van der Waals surface area contributed by atoms with Gasteiger partial charge in [0.05, 0.1) is 5.60 Å². The lowest BCUT2D eigenvalue weighted by atomic mass is 9.50. The molecule has 0 amide bonds. The van der Waals surface area contributed by atoms with Gasteiger partial charge in [-0.25, -0.2) is 0 Å². The topological polar surface area (TPSA) is 20.2 Å². The molecule has 4 bridgehead atoms. The standard InChI is InChI=1S/C11H17IO/c1-10(13)8-2-7-3-9(10)6-11(12,4-7)5-8/h7-9,13H,2-6H2,1H3. The summed E-state index contributed by atoms with van der Waals surface area (Å²) in [4.78, 5) is 0. The third kappa shape index (κ3) is 1.14. The van der Waals surface area contributed by atoms with Crippen molar-refractivity contribution in [3.63, 3.8) is 0 Å². The predicted molar refractivity (Wildman–Crippen MR) is 60.9 cm³/mol. The molecule has 74 valence electrons. The first-order valence-corrected chi connectivity index (χ1v) is 6.49. The van der Waals surface area contributed by atoms with Crippen LogP contribution in [0.2, 0.25) is 0 Å². The first-order valence-electron chi connectivity index (χ1n) is 5.41. The molecule has 2 unspecified atom stereocenters. The van der Waals surface area contributed by atoms with Gasteiger partial charge >= 0.3 is 0 Å². The highest BCUT2D eigenvalue weighted by Gasteiger charge is 2.58.